The van der Waals surface area contributed by atoms with Crippen LogP contribution in [-0.4, -0.2) is 59.9 Å². The second-order valence-electron chi connectivity index (χ2n) is 4.98. The number of aromatic nitrogens is 2. The van der Waals surface area contributed by atoms with E-state index in [1.165, 1.54) is 0 Å². The van der Waals surface area contributed by atoms with E-state index in [2.05, 4.69) is 22.2 Å². The Kier molecular flexibility index (Phi) is 5.48. The van der Waals surface area contributed by atoms with Crippen molar-refractivity contribution >= 4 is 18.3 Å². The molecule has 0 atom stereocenters. The lowest BCUT2D eigenvalue weighted by Gasteiger charge is -2.32. The minimum absolute atomic E-state index is 0.168. The summed E-state index contributed by atoms with van der Waals surface area (Å²) in [6, 6.07) is 1.62. The predicted octanol–water partition coefficient (Wildman–Crippen LogP) is 0.285. The maximum Gasteiger partial charge on any atom is 0.270 e. The van der Waals surface area contributed by atoms with E-state index in [0.717, 1.165) is 19.3 Å². The first kappa shape index (κ1) is 15.2. The van der Waals surface area contributed by atoms with Crippen molar-refractivity contribution < 1.29 is 9.59 Å². The highest BCUT2D eigenvalue weighted by Gasteiger charge is 2.18. The van der Waals surface area contributed by atoms with Crippen molar-refractivity contribution in [3.05, 3.63) is 18.0 Å². The Morgan fingerprint density at radius 3 is 2.81 bits per heavy atom. The van der Waals surface area contributed by atoms with Crippen LogP contribution in [0.1, 0.15) is 30.3 Å². The molecule has 0 radical (unpaired) electrons. The zero-order valence-corrected chi connectivity index (χ0v) is 12.3. The fourth-order valence-corrected chi connectivity index (χ4v) is 2.12. The molecule has 1 N–H and O–H groups in total. The number of carbonyl (C=O) groups is 2. The molecule has 1 aliphatic heterocycles. The van der Waals surface area contributed by atoms with Crippen molar-refractivity contribution in [1.29, 1.82) is 0 Å². The number of anilines is 1. The Bertz CT molecular complexity index is 486. The highest BCUT2D eigenvalue weighted by molar-refractivity contribution is 5.92. The Morgan fingerprint density at radius 2 is 2.14 bits per heavy atom. The number of carbonyl (C=O) groups excluding carboxylic acids is 2. The van der Waals surface area contributed by atoms with Crippen molar-refractivity contribution in [2.24, 2.45) is 0 Å². The lowest BCUT2D eigenvalue weighted by atomic mass is 10.3. The van der Waals surface area contributed by atoms with E-state index in [1.54, 1.807) is 17.2 Å². The van der Waals surface area contributed by atoms with Crippen molar-refractivity contribution in [2.75, 3.05) is 37.6 Å². The van der Waals surface area contributed by atoms with E-state index in [4.69, 9.17) is 0 Å². The molecule has 2 amide bonds. The normalized spacial score (nSPS) is 14.9. The third-order valence-electron chi connectivity index (χ3n) is 3.44. The largest absolute Gasteiger partial charge is 0.351 e. The predicted molar refractivity (Wildman–Crippen MR) is 79.1 cm³/mol. The second-order valence-corrected chi connectivity index (χ2v) is 4.98. The molecule has 0 aliphatic carbocycles. The van der Waals surface area contributed by atoms with Gasteiger partial charge in [0.15, 0.2) is 0 Å². The molecule has 7 nitrogen and oxygen atoms in total. The summed E-state index contributed by atoms with van der Waals surface area (Å²) in [4.78, 5) is 34.9. The maximum atomic E-state index is 12.0. The van der Waals surface area contributed by atoms with Gasteiger partial charge in [0.2, 0.25) is 12.4 Å². The summed E-state index contributed by atoms with van der Waals surface area (Å²) in [5.74, 6) is 0.377. The van der Waals surface area contributed by atoms with Crippen molar-refractivity contribution in [3.63, 3.8) is 0 Å². The van der Waals surface area contributed by atoms with Crippen LogP contribution in [0.5, 0.6) is 0 Å². The Balaban J connectivity index is 1.97. The highest BCUT2D eigenvalue weighted by Crippen LogP contribution is 2.10. The molecule has 0 unspecified atom stereocenters. The number of nitrogens with one attached hydrogen (secondary N) is 1. The average Bonchev–Trinajstić information content (AvgIpc) is 2.55. The lowest BCUT2D eigenvalue weighted by Crippen LogP contribution is -2.46. The van der Waals surface area contributed by atoms with Crippen LogP contribution in [0.2, 0.25) is 0 Å². The first-order valence-electron chi connectivity index (χ1n) is 7.30. The van der Waals surface area contributed by atoms with Gasteiger partial charge in [-0.2, -0.15) is 0 Å². The van der Waals surface area contributed by atoms with Crippen molar-refractivity contribution in [2.45, 2.75) is 19.8 Å². The SMILES string of the molecule is CCCCNC(=O)c1ccnc(N2CCN(C=O)CC2)n1. The number of hydrogen-bond acceptors (Lipinski definition) is 5. The van der Waals surface area contributed by atoms with Gasteiger partial charge in [-0.3, -0.25) is 9.59 Å². The van der Waals surface area contributed by atoms with E-state index in [1.807, 2.05) is 4.90 Å². The first-order chi connectivity index (χ1) is 10.2. The van der Waals surface area contributed by atoms with Crippen LogP contribution in [-0.2, 0) is 4.79 Å². The van der Waals surface area contributed by atoms with Gasteiger partial charge in [0.1, 0.15) is 5.69 Å². The Morgan fingerprint density at radius 1 is 1.38 bits per heavy atom. The summed E-state index contributed by atoms with van der Waals surface area (Å²) in [7, 11) is 0. The molecule has 0 saturated carbocycles. The molecule has 7 heteroatoms. The highest BCUT2D eigenvalue weighted by atomic mass is 16.2. The number of nitrogens with zero attached hydrogens (tertiary/aromatic N) is 4. The third kappa shape index (κ3) is 4.14. The number of piperazine rings is 1. The van der Waals surface area contributed by atoms with Gasteiger partial charge in [0.25, 0.3) is 5.91 Å². The Labute approximate surface area is 124 Å². The van der Waals surface area contributed by atoms with Crippen LogP contribution >= 0.6 is 0 Å². The van der Waals surface area contributed by atoms with Gasteiger partial charge in [-0.05, 0) is 12.5 Å². The maximum absolute atomic E-state index is 12.0. The molecule has 0 bridgehead atoms. The Hall–Kier alpha value is -2.18. The fourth-order valence-electron chi connectivity index (χ4n) is 2.12. The summed E-state index contributed by atoms with van der Waals surface area (Å²) >= 11 is 0. The van der Waals surface area contributed by atoms with Gasteiger partial charge in [0, 0.05) is 38.9 Å². The number of hydrogen-bond donors (Lipinski definition) is 1. The van der Waals surface area contributed by atoms with Gasteiger partial charge in [-0.25, -0.2) is 9.97 Å². The van der Waals surface area contributed by atoms with Gasteiger partial charge in [-0.15, -0.1) is 0 Å². The van der Waals surface area contributed by atoms with Gasteiger partial charge >= 0.3 is 0 Å². The molecule has 21 heavy (non-hydrogen) atoms. The second kappa shape index (κ2) is 7.56. The van der Waals surface area contributed by atoms with Gasteiger partial charge in [0.05, 0.1) is 0 Å². The molecular weight excluding hydrogens is 270 g/mol. The molecule has 2 rings (SSSR count). The average molecular weight is 291 g/mol. The molecule has 2 heterocycles. The molecule has 1 aliphatic rings. The summed E-state index contributed by atoms with van der Waals surface area (Å²) in [6.07, 6.45) is 4.45. The smallest absolute Gasteiger partial charge is 0.270 e. The van der Waals surface area contributed by atoms with Gasteiger partial charge in [-0.1, -0.05) is 13.3 Å². The standard InChI is InChI=1S/C14H21N5O2/c1-2-3-5-15-13(21)12-4-6-16-14(17-12)19-9-7-18(11-20)8-10-19/h4,6,11H,2-3,5,7-10H2,1H3,(H,15,21). The van der Waals surface area contributed by atoms with E-state index in [0.29, 0.717) is 44.4 Å². The number of rotatable bonds is 6. The summed E-state index contributed by atoms with van der Waals surface area (Å²) < 4.78 is 0. The van der Waals surface area contributed by atoms with Crippen LogP contribution in [0.15, 0.2) is 12.3 Å². The minimum Gasteiger partial charge on any atom is -0.351 e. The van der Waals surface area contributed by atoms with Crippen LogP contribution in [0.25, 0.3) is 0 Å². The van der Waals surface area contributed by atoms with Crippen LogP contribution in [0.3, 0.4) is 0 Å². The van der Waals surface area contributed by atoms with Crippen LogP contribution in [0.4, 0.5) is 5.95 Å². The van der Waals surface area contributed by atoms with E-state index in [-0.39, 0.29) is 5.91 Å². The lowest BCUT2D eigenvalue weighted by molar-refractivity contribution is -0.118. The monoisotopic (exact) mass is 291 g/mol. The summed E-state index contributed by atoms with van der Waals surface area (Å²) in [5.41, 5.74) is 0.383. The molecule has 1 aromatic heterocycles. The van der Waals surface area contributed by atoms with Crippen molar-refractivity contribution in [3.8, 4) is 0 Å². The molecule has 1 aromatic rings. The molecule has 114 valence electrons. The molecule has 1 saturated heterocycles. The fraction of sp³-hybridized carbons (Fsp3) is 0.571. The van der Waals surface area contributed by atoms with Gasteiger partial charge < -0.3 is 15.1 Å². The zero-order valence-electron chi connectivity index (χ0n) is 12.3. The molecule has 1 fully saturated rings. The van der Waals surface area contributed by atoms with Crippen LogP contribution in [0, 0.1) is 0 Å². The van der Waals surface area contributed by atoms with Crippen molar-refractivity contribution in [1.82, 2.24) is 20.2 Å². The third-order valence-corrected chi connectivity index (χ3v) is 3.44. The first-order valence-corrected chi connectivity index (χ1v) is 7.30. The number of amides is 2. The zero-order chi connectivity index (χ0) is 15.1. The minimum atomic E-state index is -0.168. The van der Waals surface area contributed by atoms with E-state index < -0.39 is 0 Å². The number of unbranched alkanes of at least 4 members (excludes halogenated alkanes) is 1. The summed E-state index contributed by atoms with van der Waals surface area (Å²) in [5, 5.41) is 2.84. The topological polar surface area (TPSA) is 78.4 Å². The van der Waals surface area contributed by atoms with E-state index >= 15 is 0 Å². The molecule has 0 spiro atoms. The quantitative estimate of drug-likeness (QED) is 0.602. The molecular formula is C14H21N5O2. The van der Waals surface area contributed by atoms with Crippen LogP contribution < -0.4 is 10.2 Å². The molecule has 0 aromatic carbocycles. The summed E-state index contributed by atoms with van der Waals surface area (Å²) in [6.45, 7) is 5.40. The van der Waals surface area contributed by atoms with E-state index in [9.17, 15) is 9.59 Å².